The Balaban J connectivity index is 2.00. The summed E-state index contributed by atoms with van der Waals surface area (Å²) >= 11 is 0. The summed E-state index contributed by atoms with van der Waals surface area (Å²) in [5.74, 6) is 1.15. The molecule has 0 bridgehead atoms. The van der Waals surface area contributed by atoms with Crippen LogP contribution in [0.15, 0.2) is 12.1 Å². The number of rotatable bonds is 9. The smallest absolute Gasteiger partial charge is 0.329 e. The number of hydrogen-bond donors (Lipinski definition) is 0. The number of methoxy groups -OCH3 is 3. The van der Waals surface area contributed by atoms with Crippen molar-refractivity contribution >= 4 is 11.9 Å². The van der Waals surface area contributed by atoms with Crippen LogP contribution < -0.4 is 14.2 Å². The second kappa shape index (κ2) is 12.3. The fourth-order valence-corrected chi connectivity index (χ4v) is 5.34. The lowest BCUT2D eigenvalue weighted by atomic mass is 9.75. The van der Waals surface area contributed by atoms with Crippen LogP contribution in [0.5, 0.6) is 17.2 Å². The number of piperidine rings is 1. The molecule has 190 valence electrons. The van der Waals surface area contributed by atoms with E-state index in [0.29, 0.717) is 30.2 Å². The van der Waals surface area contributed by atoms with E-state index in [1.807, 2.05) is 26.0 Å². The summed E-state index contributed by atoms with van der Waals surface area (Å²) in [6.45, 7) is 4.46. The van der Waals surface area contributed by atoms with Crippen molar-refractivity contribution in [3.63, 3.8) is 0 Å². The average Bonchev–Trinajstić information content (AvgIpc) is 2.88. The Morgan fingerprint density at radius 1 is 0.941 bits per heavy atom. The summed E-state index contributed by atoms with van der Waals surface area (Å²) < 4.78 is 22.4. The zero-order valence-corrected chi connectivity index (χ0v) is 21.4. The Hall–Kier alpha value is -2.44. The van der Waals surface area contributed by atoms with Gasteiger partial charge in [-0.25, -0.2) is 4.79 Å². The molecule has 2 aliphatic rings. The molecule has 1 aromatic carbocycles. The van der Waals surface area contributed by atoms with E-state index in [1.165, 1.54) is 6.42 Å². The van der Waals surface area contributed by atoms with Gasteiger partial charge < -0.3 is 23.8 Å². The summed E-state index contributed by atoms with van der Waals surface area (Å²) in [6, 6.07) is 3.27. The first-order valence-corrected chi connectivity index (χ1v) is 12.8. The van der Waals surface area contributed by atoms with Gasteiger partial charge in [0.15, 0.2) is 11.5 Å². The molecule has 2 fully saturated rings. The Morgan fingerprint density at radius 2 is 1.56 bits per heavy atom. The lowest BCUT2D eigenvalue weighted by molar-refractivity contribution is -0.161. The molecule has 34 heavy (non-hydrogen) atoms. The van der Waals surface area contributed by atoms with E-state index in [1.54, 1.807) is 26.2 Å². The van der Waals surface area contributed by atoms with E-state index in [9.17, 15) is 9.59 Å². The van der Waals surface area contributed by atoms with Gasteiger partial charge >= 0.3 is 5.97 Å². The highest BCUT2D eigenvalue weighted by Gasteiger charge is 2.41. The van der Waals surface area contributed by atoms with Crippen LogP contribution in [-0.2, 0) is 14.3 Å². The maximum atomic E-state index is 14.2. The first kappa shape index (κ1) is 26.2. The maximum Gasteiger partial charge on any atom is 0.329 e. The minimum absolute atomic E-state index is 0.00646. The molecule has 1 aliphatic carbocycles. The van der Waals surface area contributed by atoms with E-state index in [0.717, 1.165) is 50.5 Å². The minimum Gasteiger partial charge on any atom is -0.493 e. The number of esters is 1. The first-order chi connectivity index (χ1) is 16.4. The third kappa shape index (κ3) is 5.78. The van der Waals surface area contributed by atoms with Crippen LogP contribution in [0.4, 0.5) is 0 Å². The van der Waals surface area contributed by atoms with Gasteiger partial charge in [-0.2, -0.15) is 0 Å². The zero-order valence-electron chi connectivity index (χ0n) is 21.4. The fraction of sp³-hybridized carbons (Fsp3) is 0.704. The van der Waals surface area contributed by atoms with Crippen LogP contribution in [0.1, 0.15) is 83.1 Å². The molecule has 0 N–H and O–H groups in total. The Labute approximate surface area is 204 Å². The predicted octanol–water partition coefficient (Wildman–Crippen LogP) is 5.10. The van der Waals surface area contributed by atoms with Gasteiger partial charge in [-0.3, -0.25) is 4.79 Å². The third-order valence-electron chi connectivity index (χ3n) is 7.38. The normalized spacial score (nSPS) is 20.9. The second-order valence-corrected chi connectivity index (χ2v) is 9.53. The fourth-order valence-electron chi connectivity index (χ4n) is 5.34. The quantitative estimate of drug-likeness (QED) is 0.463. The van der Waals surface area contributed by atoms with Crippen molar-refractivity contribution in [3.05, 3.63) is 17.7 Å². The molecule has 7 heteroatoms. The van der Waals surface area contributed by atoms with Crippen molar-refractivity contribution in [3.8, 4) is 17.2 Å². The minimum atomic E-state index is -0.525. The lowest BCUT2D eigenvalue weighted by Gasteiger charge is -2.39. The van der Waals surface area contributed by atoms with Gasteiger partial charge in [0.05, 0.1) is 33.4 Å². The van der Waals surface area contributed by atoms with Crippen molar-refractivity contribution in [2.24, 2.45) is 5.92 Å². The molecule has 3 atom stereocenters. The molecule has 0 spiro atoms. The molecule has 3 rings (SSSR count). The first-order valence-electron chi connectivity index (χ1n) is 12.8. The van der Waals surface area contributed by atoms with E-state index in [-0.39, 0.29) is 29.8 Å². The Bertz CT molecular complexity index is 809. The highest BCUT2D eigenvalue weighted by atomic mass is 16.5. The molecule has 1 heterocycles. The van der Waals surface area contributed by atoms with Crippen molar-refractivity contribution in [2.75, 3.05) is 27.9 Å². The molecule has 1 aliphatic heterocycles. The molecule has 1 saturated heterocycles. The number of nitrogens with zero attached hydrogens (tertiary/aromatic N) is 1. The largest absolute Gasteiger partial charge is 0.493 e. The number of benzene rings is 1. The van der Waals surface area contributed by atoms with E-state index < -0.39 is 6.04 Å². The van der Waals surface area contributed by atoms with E-state index >= 15 is 0 Å². The van der Waals surface area contributed by atoms with Crippen molar-refractivity contribution in [1.29, 1.82) is 0 Å². The number of amides is 1. The van der Waals surface area contributed by atoms with Crippen LogP contribution in [-0.4, -0.2) is 56.8 Å². The van der Waals surface area contributed by atoms with Crippen LogP contribution in [0, 0.1) is 5.92 Å². The van der Waals surface area contributed by atoms with Gasteiger partial charge in [-0.1, -0.05) is 26.2 Å². The summed E-state index contributed by atoms with van der Waals surface area (Å²) in [6.07, 6.45) is 8.45. The molecule has 2 unspecified atom stereocenters. The standard InChI is InChI=1S/C27H41NO6/c1-6-18(2)34-27(30)21-14-10-11-15-28(21)26(29)24(19-12-8-7-9-13-19)20-16-22(31-3)25(33-5)23(17-20)32-4/h16-19,21,24H,6-15H2,1-5H3/t18?,21-,24?/m1/s1. The van der Waals surface area contributed by atoms with Gasteiger partial charge in [0, 0.05) is 6.54 Å². The molecule has 1 amide bonds. The van der Waals surface area contributed by atoms with Crippen LogP contribution >= 0.6 is 0 Å². The SMILES string of the molecule is CCC(C)OC(=O)[C@H]1CCCCN1C(=O)C(c1cc(OC)c(OC)c(OC)c1)C1CCCCC1. The van der Waals surface area contributed by atoms with Gasteiger partial charge in [0.1, 0.15) is 6.04 Å². The Morgan fingerprint density at radius 3 is 2.12 bits per heavy atom. The van der Waals surface area contributed by atoms with Crippen LogP contribution in [0.2, 0.25) is 0 Å². The summed E-state index contributed by atoms with van der Waals surface area (Å²) in [7, 11) is 4.75. The van der Waals surface area contributed by atoms with Gasteiger partial charge in [0.25, 0.3) is 0 Å². The number of carbonyl (C=O) groups excluding carboxylic acids is 2. The molecule has 0 aromatic heterocycles. The average molecular weight is 476 g/mol. The van der Waals surface area contributed by atoms with Crippen molar-refractivity contribution in [1.82, 2.24) is 4.90 Å². The number of ether oxygens (including phenoxy) is 4. The van der Waals surface area contributed by atoms with Crippen molar-refractivity contribution < 1.29 is 28.5 Å². The molecule has 7 nitrogen and oxygen atoms in total. The molecule has 0 radical (unpaired) electrons. The van der Waals surface area contributed by atoms with Crippen LogP contribution in [0.3, 0.4) is 0 Å². The summed E-state index contributed by atoms with van der Waals surface area (Å²) in [4.78, 5) is 29.0. The molecular weight excluding hydrogens is 434 g/mol. The molecule has 1 saturated carbocycles. The number of likely N-dealkylation sites (tertiary alicyclic amines) is 1. The van der Waals surface area contributed by atoms with Crippen molar-refractivity contribution in [2.45, 2.75) is 89.7 Å². The maximum absolute atomic E-state index is 14.2. The van der Waals surface area contributed by atoms with Crippen LogP contribution in [0.25, 0.3) is 0 Å². The number of hydrogen-bond acceptors (Lipinski definition) is 6. The predicted molar refractivity (Wildman–Crippen MR) is 131 cm³/mol. The zero-order chi connectivity index (χ0) is 24.7. The monoisotopic (exact) mass is 475 g/mol. The highest BCUT2D eigenvalue weighted by molar-refractivity contribution is 5.89. The molecule has 1 aromatic rings. The van der Waals surface area contributed by atoms with Gasteiger partial charge in [-0.15, -0.1) is 0 Å². The van der Waals surface area contributed by atoms with Gasteiger partial charge in [-0.05, 0) is 69.1 Å². The van der Waals surface area contributed by atoms with E-state index in [4.69, 9.17) is 18.9 Å². The second-order valence-electron chi connectivity index (χ2n) is 9.53. The summed E-state index contributed by atoms with van der Waals surface area (Å²) in [5, 5.41) is 0. The molecular formula is C27H41NO6. The summed E-state index contributed by atoms with van der Waals surface area (Å²) in [5.41, 5.74) is 0.853. The topological polar surface area (TPSA) is 74.3 Å². The van der Waals surface area contributed by atoms with Gasteiger partial charge in [0.2, 0.25) is 11.7 Å². The Kier molecular flexibility index (Phi) is 9.48. The highest BCUT2D eigenvalue weighted by Crippen LogP contribution is 2.45. The lowest BCUT2D eigenvalue weighted by Crippen LogP contribution is -2.51. The third-order valence-corrected chi connectivity index (χ3v) is 7.38. The van der Waals surface area contributed by atoms with E-state index in [2.05, 4.69) is 0 Å². The number of carbonyl (C=O) groups is 2.